The zero-order valence-electron chi connectivity index (χ0n) is 22.8. The van der Waals surface area contributed by atoms with E-state index in [0.29, 0.717) is 29.8 Å². The van der Waals surface area contributed by atoms with E-state index in [2.05, 4.69) is 26.3 Å². The van der Waals surface area contributed by atoms with Gasteiger partial charge in [-0.25, -0.2) is 9.37 Å². The molecule has 1 saturated heterocycles. The zero-order valence-corrected chi connectivity index (χ0v) is 22.8. The van der Waals surface area contributed by atoms with Crippen LogP contribution < -0.4 is 26.0 Å². The maximum Gasteiger partial charge on any atom is 0.291 e. The van der Waals surface area contributed by atoms with E-state index in [4.69, 9.17) is 10.00 Å². The Balaban J connectivity index is 1.35. The van der Waals surface area contributed by atoms with Crippen molar-refractivity contribution in [2.45, 2.75) is 25.5 Å². The largest absolute Gasteiger partial charge is 0.476 e. The second-order valence-electron chi connectivity index (χ2n) is 9.59. The molecule has 220 valence electrons. The fourth-order valence-corrected chi connectivity index (χ4v) is 4.50. The molecule has 0 spiro atoms. The zero-order chi connectivity index (χ0) is 30.4. The first-order valence-corrected chi connectivity index (χ1v) is 13.0. The Morgan fingerprint density at radius 1 is 1.17 bits per heavy atom. The van der Waals surface area contributed by atoms with Crippen molar-refractivity contribution in [1.82, 2.24) is 25.5 Å². The van der Waals surface area contributed by atoms with Gasteiger partial charge >= 0.3 is 0 Å². The fourth-order valence-electron chi connectivity index (χ4n) is 4.50. The minimum absolute atomic E-state index is 0.0709. The number of halogens is 2. The van der Waals surface area contributed by atoms with Crippen LogP contribution in [0.25, 0.3) is 11.3 Å². The number of hydrogen-bond donors (Lipinski definition) is 5. The molecule has 2 aromatic carbocycles. The van der Waals surface area contributed by atoms with Crippen LogP contribution in [0.2, 0.25) is 0 Å². The first-order valence-electron chi connectivity index (χ1n) is 13.0. The number of aromatic nitrogens is 2. The molecule has 2 heterocycles. The van der Waals surface area contributed by atoms with Gasteiger partial charge in [0, 0.05) is 43.5 Å². The van der Waals surface area contributed by atoms with Crippen LogP contribution in [0.4, 0.5) is 14.5 Å². The molecule has 3 aromatic rings. The van der Waals surface area contributed by atoms with E-state index in [1.165, 1.54) is 36.0 Å². The van der Waals surface area contributed by atoms with Crippen molar-refractivity contribution in [2.75, 3.05) is 31.6 Å². The molecule has 1 aliphatic heterocycles. The molecule has 1 fully saturated rings. The first kappa shape index (κ1) is 30.1. The Bertz CT molecular complexity index is 1550. The van der Waals surface area contributed by atoms with Gasteiger partial charge in [-0.1, -0.05) is 0 Å². The highest BCUT2D eigenvalue weighted by atomic mass is 19.2. The summed E-state index contributed by atoms with van der Waals surface area (Å²) in [4.78, 5) is 41.7. The van der Waals surface area contributed by atoms with Gasteiger partial charge in [-0.3, -0.25) is 14.4 Å². The molecule has 3 amide bonds. The third kappa shape index (κ3) is 6.70. The lowest BCUT2D eigenvalue weighted by atomic mass is 10.1. The van der Waals surface area contributed by atoms with Crippen molar-refractivity contribution in [2.24, 2.45) is 7.05 Å². The van der Waals surface area contributed by atoms with E-state index in [0.717, 1.165) is 0 Å². The van der Waals surface area contributed by atoms with Gasteiger partial charge in [0.15, 0.2) is 24.0 Å². The number of nitrogens with one attached hydrogen (secondary N) is 4. The van der Waals surface area contributed by atoms with E-state index in [-0.39, 0.29) is 42.0 Å². The van der Waals surface area contributed by atoms with Gasteiger partial charge in [-0.15, -0.1) is 0 Å². The lowest BCUT2D eigenvalue weighted by Gasteiger charge is -2.13. The second-order valence-corrected chi connectivity index (χ2v) is 9.59. The lowest BCUT2D eigenvalue weighted by Crippen LogP contribution is -2.43. The number of nitrogens with zero attached hydrogens (tertiary/aromatic N) is 3. The molecule has 1 aromatic heterocycles. The van der Waals surface area contributed by atoms with Gasteiger partial charge in [-0.2, -0.15) is 9.65 Å². The van der Waals surface area contributed by atoms with Gasteiger partial charge < -0.3 is 35.7 Å². The summed E-state index contributed by atoms with van der Waals surface area (Å²) in [6.45, 7) is 2.03. The number of carbonyl (C=O) groups is 3. The number of aliphatic hydroxyl groups excluding tert-OH is 1. The summed E-state index contributed by atoms with van der Waals surface area (Å²) in [7, 11) is 1.48. The minimum Gasteiger partial charge on any atom is -0.476 e. The molecule has 0 aliphatic carbocycles. The summed E-state index contributed by atoms with van der Waals surface area (Å²) >= 11 is 0. The van der Waals surface area contributed by atoms with Crippen molar-refractivity contribution in [3.8, 4) is 23.1 Å². The van der Waals surface area contributed by atoms with Crippen LogP contribution in [0, 0.1) is 29.9 Å². The topological polar surface area (TPSA) is 170 Å². The van der Waals surface area contributed by atoms with Gasteiger partial charge in [0.1, 0.15) is 6.07 Å². The molecule has 2 atom stereocenters. The molecule has 0 bridgehead atoms. The second kappa shape index (κ2) is 13.2. The van der Waals surface area contributed by atoms with Crippen molar-refractivity contribution < 1.29 is 33.0 Å². The first-order chi connectivity index (χ1) is 20.1. The maximum atomic E-state index is 14.7. The van der Waals surface area contributed by atoms with Crippen LogP contribution in [0.5, 0.6) is 5.75 Å². The molecule has 42 heavy (non-hydrogen) atoms. The minimum atomic E-state index is -1.26. The van der Waals surface area contributed by atoms with Gasteiger partial charge in [-0.05, 0) is 49.2 Å². The molecule has 4 rings (SSSR count). The Morgan fingerprint density at radius 3 is 2.62 bits per heavy atom. The summed E-state index contributed by atoms with van der Waals surface area (Å²) in [5.41, 5.74) is 1.33. The predicted octanol–water partition coefficient (Wildman–Crippen LogP) is 1.40. The van der Waals surface area contributed by atoms with Crippen LogP contribution >= 0.6 is 0 Å². The van der Waals surface area contributed by atoms with Crippen molar-refractivity contribution in [3.05, 3.63) is 65.1 Å². The van der Waals surface area contributed by atoms with Gasteiger partial charge in [0.2, 0.25) is 11.7 Å². The fraction of sp³-hybridized carbons (Fsp3) is 0.321. The molecule has 0 unspecified atom stereocenters. The Kier molecular flexibility index (Phi) is 9.46. The molecule has 0 saturated carbocycles. The Hall–Kier alpha value is -4.87. The SMILES string of the molecule is Cc1cc(NC(=O)c2ncc(-c3ccc(OCC#N)c(F)c3F)n2C)ccc1C(=O)NCCNC(=O)[C@H]1C[C@@H](O)CN1. The molecule has 5 N–H and O–H groups in total. The number of amides is 3. The number of benzene rings is 2. The van der Waals surface area contributed by atoms with E-state index in [1.807, 2.05) is 0 Å². The summed E-state index contributed by atoms with van der Waals surface area (Å²) in [6, 6.07) is 8.36. The Labute approximate surface area is 239 Å². The third-order valence-corrected chi connectivity index (χ3v) is 6.67. The van der Waals surface area contributed by atoms with Gasteiger partial charge in [0.25, 0.3) is 11.8 Å². The third-order valence-electron chi connectivity index (χ3n) is 6.67. The maximum absolute atomic E-state index is 14.7. The number of ether oxygens (including phenoxy) is 1. The highest BCUT2D eigenvalue weighted by Crippen LogP contribution is 2.30. The molecular weight excluding hydrogens is 552 g/mol. The average Bonchev–Trinajstić information content (AvgIpc) is 3.57. The van der Waals surface area contributed by atoms with E-state index < -0.39 is 42.0 Å². The number of carbonyl (C=O) groups excluding carboxylic acids is 3. The molecule has 14 heteroatoms. The highest BCUT2D eigenvalue weighted by Gasteiger charge is 2.27. The van der Waals surface area contributed by atoms with Crippen molar-refractivity contribution in [1.29, 1.82) is 5.26 Å². The van der Waals surface area contributed by atoms with Crippen LogP contribution in [0.1, 0.15) is 33.0 Å². The number of imidazole rings is 1. The quantitative estimate of drug-likeness (QED) is 0.224. The number of β-amino-alcohol motifs (C(OH)–C–C–N with tert-alkyl or cyclic N) is 1. The molecule has 1 aliphatic rings. The smallest absolute Gasteiger partial charge is 0.291 e. The molecule has 12 nitrogen and oxygen atoms in total. The number of aliphatic hydroxyl groups is 1. The normalized spacial score (nSPS) is 16.0. The highest BCUT2D eigenvalue weighted by molar-refractivity contribution is 6.03. The number of rotatable bonds is 10. The van der Waals surface area contributed by atoms with E-state index in [9.17, 15) is 28.3 Å². The summed E-state index contributed by atoms with van der Waals surface area (Å²) < 4.78 is 35.3. The lowest BCUT2D eigenvalue weighted by molar-refractivity contribution is -0.122. The van der Waals surface area contributed by atoms with Crippen LogP contribution in [-0.2, 0) is 11.8 Å². The van der Waals surface area contributed by atoms with E-state index in [1.54, 1.807) is 25.1 Å². The number of hydrogen-bond acceptors (Lipinski definition) is 8. The van der Waals surface area contributed by atoms with Crippen LogP contribution in [0.15, 0.2) is 36.5 Å². The molecule has 0 radical (unpaired) electrons. The van der Waals surface area contributed by atoms with Crippen molar-refractivity contribution >= 4 is 23.4 Å². The standard InChI is InChI=1S/C28H29F2N7O5/c1-15-11-16(3-4-18(15)26(39)32-8-9-33-27(40)20-12-17(38)13-34-20)36-28(41)25-35-14-21(37(25)2)19-5-6-22(42-10-7-31)24(30)23(19)29/h3-6,11,14,17,20,34,38H,8-10,12-13H2,1-2H3,(H,32,39)(H,33,40)(H,36,41)/t17-,20-/m1/s1. The Morgan fingerprint density at radius 2 is 1.93 bits per heavy atom. The van der Waals surface area contributed by atoms with Crippen LogP contribution in [0.3, 0.4) is 0 Å². The predicted molar refractivity (Wildman–Crippen MR) is 147 cm³/mol. The van der Waals surface area contributed by atoms with Gasteiger partial charge in [0.05, 0.1) is 24.0 Å². The summed E-state index contributed by atoms with van der Waals surface area (Å²) in [6.07, 6.45) is 1.03. The monoisotopic (exact) mass is 581 g/mol. The number of nitriles is 1. The average molecular weight is 582 g/mol. The van der Waals surface area contributed by atoms with Crippen LogP contribution in [-0.4, -0.2) is 70.8 Å². The summed E-state index contributed by atoms with van der Waals surface area (Å²) in [5.74, 6) is -4.17. The molecular formula is C28H29F2N7O5. The number of aryl methyl sites for hydroxylation is 1. The van der Waals surface area contributed by atoms with Crippen molar-refractivity contribution in [3.63, 3.8) is 0 Å². The number of anilines is 1. The summed E-state index contributed by atoms with van der Waals surface area (Å²) in [5, 5.41) is 29.1. The van der Waals surface area contributed by atoms with E-state index >= 15 is 0 Å².